The number of nitrogens with one attached hydrogen (secondary N) is 2. The van der Waals surface area contributed by atoms with Gasteiger partial charge in [0.05, 0.1) is 29.6 Å². The van der Waals surface area contributed by atoms with Crippen LogP contribution in [0.2, 0.25) is 0 Å². The lowest BCUT2D eigenvalue weighted by Crippen LogP contribution is -2.26. The van der Waals surface area contributed by atoms with Crippen LogP contribution in [-0.2, 0) is 10.0 Å². The number of anilines is 2. The van der Waals surface area contributed by atoms with Crippen LogP contribution in [0.4, 0.5) is 24.9 Å². The summed E-state index contributed by atoms with van der Waals surface area (Å²) < 4.78 is 62.9. The Kier molecular flexibility index (Phi) is 7.62. The summed E-state index contributed by atoms with van der Waals surface area (Å²) in [5, 5.41) is 3.45. The topological polar surface area (TPSA) is 110 Å². The van der Waals surface area contributed by atoms with Crippen LogP contribution < -0.4 is 10.0 Å². The van der Waals surface area contributed by atoms with Crippen LogP contribution in [0.15, 0.2) is 30.6 Å². The molecule has 1 aliphatic carbocycles. The average molecular weight is 523 g/mol. The summed E-state index contributed by atoms with van der Waals surface area (Å²) in [6, 6.07) is 5.22. The van der Waals surface area contributed by atoms with E-state index in [2.05, 4.69) is 36.9 Å². The van der Waals surface area contributed by atoms with Gasteiger partial charge in [0, 0.05) is 17.8 Å². The van der Waals surface area contributed by atoms with Crippen molar-refractivity contribution in [2.75, 3.05) is 15.8 Å². The molecule has 12 heteroatoms. The van der Waals surface area contributed by atoms with Crippen molar-refractivity contribution in [3.8, 4) is 11.3 Å². The molecular weight excluding hydrogens is 493 g/mol. The van der Waals surface area contributed by atoms with Gasteiger partial charge in [0.1, 0.15) is 11.3 Å². The molecule has 0 bridgehead atoms. The summed E-state index contributed by atoms with van der Waals surface area (Å²) in [4.78, 5) is 17.8. The molecule has 36 heavy (non-hydrogen) atoms. The van der Waals surface area contributed by atoms with Gasteiger partial charge in [-0.05, 0) is 62.3 Å². The molecule has 0 aromatic carbocycles. The first kappa shape index (κ1) is 26.1. The Bertz CT molecular complexity index is 1310. The van der Waals surface area contributed by atoms with E-state index in [9.17, 15) is 21.6 Å². The Morgan fingerprint density at radius 3 is 2.44 bits per heavy atom. The Labute approximate surface area is 208 Å². The summed E-state index contributed by atoms with van der Waals surface area (Å²) in [6.45, 7) is 4.16. The van der Waals surface area contributed by atoms with Crippen LogP contribution in [0.1, 0.15) is 51.0 Å². The molecule has 8 nitrogen and oxygen atoms in total. The van der Waals surface area contributed by atoms with Gasteiger partial charge in [0.15, 0.2) is 0 Å². The van der Waals surface area contributed by atoms with Crippen molar-refractivity contribution < 1.29 is 21.6 Å². The van der Waals surface area contributed by atoms with Gasteiger partial charge < -0.3 is 5.32 Å². The number of alkyl halides is 3. The third kappa shape index (κ3) is 6.80. The summed E-state index contributed by atoms with van der Waals surface area (Å²) in [5.74, 6) is 0.264. The van der Waals surface area contributed by atoms with Crippen LogP contribution in [0.3, 0.4) is 0 Å². The van der Waals surface area contributed by atoms with Crippen molar-refractivity contribution in [1.82, 2.24) is 19.9 Å². The van der Waals surface area contributed by atoms with Crippen LogP contribution in [-0.4, -0.2) is 46.3 Å². The monoisotopic (exact) mass is 522 g/mol. The number of nitrogens with zero attached hydrogens (tertiary/aromatic N) is 4. The maximum Gasteiger partial charge on any atom is 0.390 e. The quantitative estimate of drug-likeness (QED) is 0.404. The summed E-state index contributed by atoms with van der Waals surface area (Å²) in [6.07, 6.45) is 2.98. The van der Waals surface area contributed by atoms with Gasteiger partial charge in [-0.1, -0.05) is 13.3 Å². The third-order valence-corrected chi connectivity index (χ3v) is 7.73. The zero-order valence-electron chi connectivity index (χ0n) is 20.1. The molecule has 4 rings (SSSR count). The van der Waals surface area contributed by atoms with Gasteiger partial charge in [0.25, 0.3) is 0 Å². The van der Waals surface area contributed by atoms with Gasteiger partial charge in [-0.25, -0.2) is 28.4 Å². The van der Waals surface area contributed by atoms with E-state index in [4.69, 9.17) is 0 Å². The molecule has 0 unspecified atom stereocenters. The number of aryl methyl sites for hydroxylation is 1. The minimum Gasteiger partial charge on any atom is -0.351 e. The first-order valence-electron chi connectivity index (χ1n) is 12.0. The molecule has 194 valence electrons. The zero-order valence-corrected chi connectivity index (χ0v) is 21.0. The number of hydrogen-bond acceptors (Lipinski definition) is 7. The lowest BCUT2D eigenvalue weighted by molar-refractivity contribution is -0.129. The SMILES string of the molecule is CCC1CCC(Nc2ncc3nc(-c4ccc(NS(=O)(=O)CCC(F)(F)F)nc4)cc(C)c3n2)CC1. The van der Waals surface area contributed by atoms with Crippen LogP contribution >= 0.6 is 0 Å². The van der Waals surface area contributed by atoms with Crippen molar-refractivity contribution in [3.05, 3.63) is 36.2 Å². The highest BCUT2D eigenvalue weighted by molar-refractivity contribution is 7.92. The molecule has 0 spiro atoms. The molecule has 1 saturated carbocycles. The van der Waals surface area contributed by atoms with Gasteiger partial charge >= 0.3 is 6.18 Å². The molecule has 0 aliphatic heterocycles. The van der Waals surface area contributed by atoms with Crippen molar-refractivity contribution in [3.63, 3.8) is 0 Å². The molecule has 0 amide bonds. The minimum atomic E-state index is -4.56. The van der Waals surface area contributed by atoms with Gasteiger partial charge in [-0.15, -0.1) is 0 Å². The highest BCUT2D eigenvalue weighted by Crippen LogP contribution is 2.29. The molecule has 1 aliphatic rings. The van der Waals surface area contributed by atoms with E-state index in [-0.39, 0.29) is 5.82 Å². The van der Waals surface area contributed by atoms with Gasteiger partial charge in [-0.2, -0.15) is 13.2 Å². The largest absolute Gasteiger partial charge is 0.390 e. The van der Waals surface area contributed by atoms with Gasteiger partial charge in [0.2, 0.25) is 16.0 Å². The van der Waals surface area contributed by atoms with E-state index in [0.717, 1.165) is 29.8 Å². The Morgan fingerprint density at radius 2 is 1.81 bits per heavy atom. The predicted octanol–water partition coefficient (Wildman–Crippen LogP) is 5.47. The number of halogens is 3. The summed E-state index contributed by atoms with van der Waals surface area (Å²) in [7, 11) is -4.17. The fraction of sp³-hybridized carbons (Fsp3) is 0.500. The van der Waals surface area contributed by atoms with Crippen LogP contribution in [0, 0.1) is 12.8 Å². The molecule has 0 radical (unpaired) electrons. The van der Waals surface area contributed by atoms with Crippen molar-refractivity contribution >= 4 is 32.8 Å². The third-order valence-electron chi connectivity index (χ3n) is 6.47. The molecule has 0 atom stereocenters. The Balaban J connectivity index is 1.46. The lowest BCUT2D eigenvalue weighted by Gasteiger charge is -2.28. The normalized spacial score (nSPS) is 18.8. The fourth-order valence-corrected chi connectivity index (χ4v) is 5.41. The second-order valence-corrected chi connectivity index (χ2v) is 11.1. The highest BCUT2D eigenvalue weighted by atomic mass is 32.2. The molecule has 3 aromatic heterocycles. The second-order valence-electron chi connectivity index (χ2n) is 9.24. The van der Waals surface area contributed by atoms with E-state index in [1.54, 1.807) is 12.3 Å². The smallest absolute Gasteiger partial charge is 0.351 e. The molecule has 2 N–H and O–H groups in total. The minimum absolute atomic E-state index is 0.0644. The van der Waals surface area contributed by atoms with E-state index in [0.29, 0.717) is 28.8 Å². The molecule has 3 aromatic rings. The summed E-state index contributed by atoms with van der Waals surface area (Å²) in [5.41, 5.74) is 3.46. The Hall–Kier alpha value is -3.02. The highest BCUT2D eigenvalue weighted by Gasteiger charge is 2.30. The first-order chi connectivity index (χ1) is 17.0. The molecule has 3 heterocycles. The van der Waals surface area contributed by atoms with Crippen molar-refractivity contribution in [2.24, 2.45) is 5.92 Å². The van der Waals surface area contributed by atoms with Crippen LogP contribution in [0.25, 0.3) is 22.3 Å². The van der Waals surface area contributed by atoms with Crippen LogP contribution in [0.5, 0.6) is 0 Å². The number of rotatable bonds is 8. The average Bonchev–Trinajstić information content (AvgIpc) is 2.83. The maximum absolute atomic E-state index is 12.3. The number of sulfonamides is 1. The second kappa shape index (κ2) is 10.5. The number of fused-ring (bicyclic) bond motifs is 1. The first-order valence-corrected chi connectivity index (χ1v) is 13.6. The van der Waals surface area contributed by atoms with Crippen molar-refractivity contribution in [2.45, 2.75) is 64.6 Å². The zero-order chi connectivity index (χ0) is 25.9. The lowest BCUT2D eigenvalue weighted by atomic mass is 9.85. The Morgan fingerprint density at radius 1 is 1.06 bits per heavy atom. The maximum atomic E-state index is 12.3. The fourth-order valence-electron chi connectivity index (χ4n) is 4.36. The van der Waals surface area contributed by atoms with Crippen molar-refractivity contribution in [1.29, 1.82) is 0 Å². The molecule has 0 saturated heterocycles. The van der Waals surface area contributed by atoms with Gasteiger partial charge in [-0.3, -0.25) is 4.72 Å². The number of pyridine rings is 2. The van der Waals surface area contributed by atoms with E-state index >= 15 is 0 Å². The summed E-state index contributed by atoms with van der Waals surface area (Å²) >= 11 is 0. The van der Waals surface area contributed by atoms with E-state index in [1.165, 1.54) is 31.5 Å². The van der Waals surface area contributed by atoms with E-state index in [1.807, 2.05) is 13.0 Å². The number of aromatic nitrogens is 4. The molecule has 1 fully saturated rings. The standard InChI is InChI=1S/C24H29F3N6O2S/c1-3-16-4-7-18(8-5-16)30-23-29-14-20-22(32-23)15(2)12-19(31-20)17-6-9-21(28-13-17)33-36(34,35)11-10-24(25,26)27/h6,9,12-14,16,18H,3-5,7-8,10-11H2,1-2H3,(H,28,33)(H,29,30,32). The predicted molar refractivity (Wildman–Crippen MR) is 133 cm³/mol. The molecular formula is C24H29F3N6O2S. The number of hydrogen-bond donors (Lipinski definition) is 2. The van der Waals surface area contributed by atoms with E-state index < -0.39 is 28.4 Å².